The van der Waals surface area contributed by atoms with Crippen molar-refractivity contribution in [2.75, 3.05) is 33.4 Å². The van der Waals surface area contributed by atoms with Gasteiger partial charge >= 0.3 is 6.03 Å². The van der Waals surface area contributed by atoms with Gasteiger partial charge in [0.25, 0.3) is 11.8 Å². The maximum absolute atomic E-state index is 13.3. The summed E-state index contributed by atoms with van der Waals surface area (Å²) < 4.78 is 15.5. The van der Waals surface area contributed by atoms with Crippen LogP contribution in [0.4, 0.5) is 4.79 Å². The number of nitrogens with one attached hydrogen (secondary N) is 1. The molecule has 0 saturated carbocycles. The van der Waals surface area contributed by atoms with Crippen molar-refractivity contribution in [3.63, 3.8) is 0 Å². The molecular formula is C18H23N5O5. The molecule has 10 nitrogen and oxygen atoms in total. The molecule has 1 N–H and O–H groups in total. The van der Waals surface area contributed by atoms with E-state index >= 15 is 0 Å². The minimum Gasteiger partial charge on any atom is -0.459 e. The van der Waals surface area contributed by atoms with Crippen molar-refractivity contribution in [2.24, 2.45) is 0 Å². The first-order chi connectivity index (χ1) is 13.7. The zero-order chi connectivity index (χ0) is 19.6. The highest BCUT2D eigenvalue weighted by Crippen LogP contribution is 2.36. The van der Waals surface area contributed by atoms with Gasteiger partial charge in [0.2, 0.25) is 0 Å². The molecule has 2 aliphatic heterocycles. The van der Waals surface area contributed by atoms with Gasteiger partial charge in [-0.1, -0.05) is 5.16 Å². The predicted molar refractivity (Wildman–Crippen MR) is 96.0 cm³/mol. The number of furan rings is 1. The molecule has 4 rings (SSSR count). The maximum atomic E-state index is 13.3. The quantitative estimate of drug-likeness (QED) is 0.556. The molecule has 0 unspecified atom stereocenters. The largest absolute Gasteiger partial charge is 0.459 e. The normalized spacial score (nSPS) is 19.2. The van der Waals surface area contributed by atoms with Crippen molar-refractivity contribution < 1.29 is 23.3 Å². The zero-order valence-electron chi connectivity index (χ0n) is 15.7. The smallest absolute Gasteiger partial charge is 0.328 e. The number of urea groups is 1. The summed E-state index contributed by atoms with van der Waals surface area (Å²) in [5.74, 6) is 0.721. The average molecular weight is 389 g/mol. The molecular weight excluding hydrogens is 366 g/mol. The van der Waals surface area contributed by atoms with Crippen LogP contribution in [0.5, 0.6) is 0 Å². The van der Waals surface area contributed by atoms with Crippen LogP contribution >= 0.6 is 0 Å². The predicted octanol–water partition coefficient (Wildman–Crippen LogP) is 1.25. The summed E-state index contributed by atoms with van der Waals surface area (Å²) in [6.45, 7) is 2.36. The zero-order valence-corrected chi connectivity index (χ0v) is 15.7. The number of amides is 3. The lowest BCUT2D eigenvalue weighted by atomic mass is 9.86. The van der Waals surface area contributed by atoms with Gasteiger partial charge in [-0.25, -0.2) is 4.79 Å². The summed E-state index contributed by atoms with van der Waals surface area (Å²) in [6, 6.07) is 3.10. The first-order valence-electron chi connectivity index (χ1n) is 9.35. The monoisotopic (exact) mass is 389 g/mol. The van der Waals surface area contributed by atoms with E-state index in [9.17, 15) is 9.59 Å². The molecule has 0 atom stereocenters. The first-order valence-corrected chi connectivity index (χ1v) is 9.35. The number of rotatable bonds is 7. The van der Waals surface area contributed by atoms with Gasteiger partial charge in [0, 0.05) is 20.3 Å². The topological polar surface area (TPSA) is 114 Å². The second-order valence-corrected chi connectivity index (χ2v) is 6.95. The average Bonchev–Trinajstić information content (AvgIpc) is 3.43. The molecule has 2 saturated heterocycles. The van der Waals surface area contributed by atoms with Crippen LogP contribution in [0, 0.1) is 0 Å². The van der Waals surface area contributed by atoms with Gasteiger partial charge in [0.05, 0.1) is 12.8 Å². The summed E-state index contributed by atoms with van der Waals surface area (Å²) in [5, 5.41) is 7.15. The van der Waals surface area contributed by atoms with Crippen molar-refractivity contribution in [1.82, 2.24) is 25.3 Å². The fourth-order valence-corrected chi connectivity index (χ4v) is 3.88. The first kappa shape index (κ1) is 18.6. The molecule has 1 spiro atoms. The van der Waals surface area contributed by atoms with E-state index in [-0.39, 0.29) is 30.2 Å². The summed E-state index contributed by atoms with van der Waals surface area (Å²) in [4.78, 5) is 33.5. The van der Waals surface area contributed by atoms with Gasteiger partial charge < -0.3 is 23.9 Å². The van der Waals surface area contributed by atoms with E-state index < -0.39 is 5.54 Å². The Hall–Kier alpha value is -2.72. The second kappa shape index (κ2) is 7.72. The van der Waals surface area contributed by atoms with Gasteiger partial charge in [0.1, 0.15) is 5.54 Å². The van der Waals surface area contributed by atoms with Crippen molar-refractivity contribution in [1.29, 1.82) is 0 Å². The van der Waals surface area contributed by atoms with Crippen LogP contribution in [0.1, 0.15) is 25.1 Å². The highest BCUT2D eigenvalue weighted by molar-refractivity contribution is 6.07. The van der Waals surface area contributed by atoms with E-state index in [0.29, 0.717) is 51.3 Å². The number of aromatic nitrogens is 2. The van der Waals surface area contributed by atoms with Gasteiger partial charge in [-0.05, 0) is 44.5 Å². The fourth-order valence-electron chi connectivity index (χ4n) is 3.88. The molecule has 0 aromatic carbocycles. The van der Waals surface area contributed by atoms with Crippen LogP contribution in [-0.2, 0) is 16.1 Å². The van der Waals surface area contributed by atoms with E-state index in [1.54, 1.807) is 24.1 Å². The lowest BCUT2D eigenvalue weighted by Crippen LogP contribution is -2.56. The standard InChI is InChI=1S/C18H23N5O5/c1-26-10-3-9-23-17(25)22(16(24)18(23)5-7-19-8-6-18)12-14-20-15(28-21-14)13-4-2-11-27-13/h2,4,11,19H,3,5-10,12H2,1H3. The highest BCUT2D eigenvalue weighted by Gasteiger charge is 2.57. The number of imide groups is 1. The van der Waals surface area contributed by atoms with Gasteiger partial charge in [-0.15, -0.1) is 0 Å². The van der Waals surface area contributed by atoms with Crippen molar-refractivity contribution >= 4 is 11.9 Å². The molecule has 3 amide bonds. The van der Waals surface area contributed by atoms with E-state index in [2.05, 4.69) is 15.5 Å². The lowest BCUT2D eigenvalue weighted by Gasteiger charge is -2.38. The Morgan fingerprint density at radius 3 is 2.86 bits per heavy atom. The molecule has 2 aromatic heterocycles. The van der Waals surface area contributed by atoms with Crippen LogP contribution < -0.4 is 5.32 Å². The molecule has 0 aliphatic carbocycles. The van der Waals surface area contributed by atoms with Crippen molar-refractivity contribution in [2.45, 2.75) is 31.3 Å². The highest BCUT2D eigenvalue weighted by atomic mass is 16.5. The van der Waals surface area contributed by atoms with E-state index in [0.717, 1.165) is 0 Å². The number of hydrogen-bond acceptors (Lipinski definition) is 8. The number of methoxy groups -OCH3 is 1. The number of nitrogens with zero attached hydrogens (tertiary/aromatic N) is 4. The maximum Gasteiger partial charge on any atom is 0.328 e. The number of hydrogen-bond donors (Lipinski definition) is 1. The molecule has 0 bridgehead atoms. The molecule has 28 heavy (non-hydrogen) atoms. The van der Waals surface area contributed by atoms with E-state index in [4.69, 9.17) is 13.7 Å². The fraction of sp³-hybridized carbons (Fsp3) is 0.556. The third kappa shape index (κ3) is 3.18. The lowest BCUT2D eigenvalue weighted by molar-refractivity contribution is -0.135. The number of carbonyl (C=O) groups is 2. The Morgan fingerprint density at radius 1 is 1.32 bits per heavy atom. The van der Waals surface area contributed by atoms with Crippen LogP contribution in [-0.4, -0.2) is 70.8 Å². The SMILES string of the molecule is COCCCN1C(=O)N(Cc2noc(-c3ccco3)n2)C(=O)C12CCNCC2. The van der Waals surface area contributed by atoms with Crippen LogP contribution in [0.3, 0.4) is 0 Å². The molecule has 4 heterocycles. The molecule has 150 valence electrons. The number of piperidine rings is 1. The summed E-state index contributed by atoms with van der Waals surface area (Å²) in [7, 11) is 1.62. The van der Waals surface area contributed by atoms with Crippen LogP contribution in [0.25, 0.3) is 11.7 Å². The molecule has 2 aliphatic rings. The minimum atomic E-state index is -0.802. The summed E-state index contributed by atoms with van der Waals surface area (Å²) >= 11 is 0. The molecule has 0 radical (unpaired) electrons. The van der Waals surface area contributed by atoms with Crippen molar-refractivity contribution in [3.05, 3.63) is 24.2 Å². The Bertz CT molecular complexity index is 827. The van der Waals surface area contributed by atoms with Crippen LogP contribution in [0.2, 0.25) is 0 Å². The van der Waals surface area contributed by atoms with Gasteiger partial charge in [-0.2, -0.15) is 4.98 Å². The van der Waals surface area contributed by atoms with Crippen LogP contribution in [0.15, 0.2) is 27.3 Å². The third-order valence-corrected chi connectivity index (χ3v) is 5.28. The Balaban J connectivity index is 1.55. The van der Waals surface area contributed by atoms with E-state index in [1.807, 2.05) is 0 Å². The van der Waals surface area contributed by atoms with E-state index in [1.165, 1.54) is 11.2 Å². The molecule has 10 heteroatoms. The second-order valence-electron chi connectivity index (χ2n) is 6.95. The van der Waals surface area contributed by atoms with Gasteiger partial charge in [0.15, 0.2) is 11.6 Å². The molecule has 2 fully saturated rings. The Labute approximate surface area is 161 Å². The third-order valence-electron chi connectivity index (χ3n) is 5.28. The van der Waals surface area contributed by atoms with Crippen molar-refractivity contribution in [3.8, 4) is 11.7 Å². The number of carbonyl (C=O) groups excluding carboxylic acids is 2. The molecule has 2 aromatic rings. The Morgan fingerprint density at radius 2 is 2.14 bits per heavy atom. The summed E-state index contributed by atoms with van der Waals surface area (Å²) in [6.07, 6.45) is 3.35. The number of ether oxygens (including phenoxy) is 1. The Kier molecular flexibility index (Phi) is 5.14. The minimum absolute atomic E-state index is 0.0299. The van der Waals surface area contributed by atoms with Gasteiger partial charge in [-0.3, -0.25) is 9.69 Å². The summed E-state index contributed by atoms with van der Waals surface area (Å²) in [5.41, 5.74) is -0.802.